The van der Waals surface area contributed by atoms with Crippen LogP contribution in [0.2, 0.25) is 0 Å². The second kappa shape index (κ2) is 8.10. The molecule has 0 bridgehead atoms. The number of rotatable bonds is 7. The highest BCUT2D eigenvalue weighted by Gasteiger charge is 2.25. The van der Waals surface area contributed by atoms with E-state index in [-0.39, 0.29) is 0 Å². The second-order valence-electron chi connectivity index (χ2n) is 7.23. The molecule has 3 N–H and O–H groups in total. The highest BCUT2D eigenvalue weighted by molar-refractivity contribution is 5.85. The largest absolute Gasteiger partial charge is 0.490 e. The van der Waals surface area contributed by atoms with Crippen LogP contribution in [-0.4, -0.2) is 62.5 Å². The Morgan fingerprint density at radius 1 is 1.30 bits per heavy atom. The molecule has 0 spiro atoms. The van der Waals surface area contributed by atoms with Crippen molar-refractivity contribution in [2.75, 3.05) is 26.2 Å². The van der Waals surface area contributed by atoms with Gasteiger partial charge < -0.3 is 19.7 Å². The summed E-state index contributed by atoms with van der Waals surface area (Å²) < 4.78 is 5.87. The lowest BCUT2D eigenvalue weighted by molar-refractivity contribution is 0.0596. The fourth-order valence-electron chi connectivity index (χ4n) is 3.74. The average molecular weight is 369 g/mol. The zero-order chi connectivity index (χ0) is 18.6. The predicted octanol–water partition coefficient (Wildman–Crippen LogP) is 2.47. The molecule has 1 atom stereocenters. The van der Waals surface area contributed by atoms with Crippen LogP contribution in [0.15, 0.2) is 30.5 Å². The molecule has 1 aliphatic heterocycles. The van der Waals surface area contributed by atoms with Crippen molar-refractivity contribution < 1.29 is 9.84 Å². The van der Waals surface area contributed by atoms with E-state index >= 15 is 0 Å². The number of aromatic amines is 2. The molecule has 1 aliphatic rings. The minimum Gasteiger partial charge on any atom is -0.490 e. The summed E-state index contributed by atoms with van der Waals surface area (Å²) in [4.78, 5) is 10.0. The Kier molecular flexibility index (Phi) is 5.40. The first-order valence-corrected chi connectivity index (χ1v) is 9.73. The summed E-state index contributed by atoms with van der Waals surface area (Å²) in [7, 11) is 0. The number of fused-ring (bicyclic) bond motifs is 1. The molecule has 0 radical (unpaired) electrons. The number of hydrogen-bond donors (Lipinski definition) is 3. The summed E-state index contributed by atoms with van der Waals surface area (Å²) in [5.74, 6) is 3.12. The molecule has 4 rings (SSSR count). The normalized spacial score (nSPS) is 17.4. The number of ether oxygens (including phenoxy) is 1. The van der Waals surface area contributed by atoms with Gasteiger partial charge in [0.15, 0.2) is 5.82 Å². The minimum atomic E-state index is -0.508. The van der Waals surface area contributed by atoms with Gasteiger partial charge in [-0.15, -0.1) is 0 Å². The van der Waals surface area contributed by atoms with E-state index < -0.39 is 6.10 Å². The molecule has 27 heavy (non-hydrogen) atoms. The van der Waals surface area contributed by atoms with E-state index in [1.54, 1.807) is 0 Å². The van der Waals surface area contributed by atoms with Crippen molar-refractivity contribution in [1.82, 2.24) is 25.1 Å². The number of H-pyrrole nitrogens is 2. The van der Waals surface area contributed by atoms with E-state index in [1.807, 2.05) is 30.5 Å². The van der Waals surface area contributed by atoms with E-state index in [2.05, 4.69) is 32.0 Å². The number of β-amino-alcohol motifs (C(OH)–C–C–N with tert-alkyl or cyclic N) is 1. The van der Waals surface area contributed by atoms with E-state index in [1.165, 1.54) is 0 Å². The SMILES string of the molecule is CCc1nc(C2CCN(CC(O)COc3cccc4[nH]ccc34)CC2)n[nH]1. The Labute approximate surface area is 158 Å². The van der Waals surface area contributed by atoms with Crippen LogP contribution in [0.4, 0.5) is 0 Å². The first-order valence-electron chi connectivity index (χ1n) is 9.73. The van der Waals surface area contributed by atoms with Crippen molar-refractivity contribution in [2.24, 2.45) is 0 Å². The molecular weight excluding hydrogens is 342 g/mol. The third-order valence-corrected chi connectivity index (χ3v) is 5.29. The summed E-state index contributed by atoms with van der Waals surface area (Å²) in [5.41, 5.74) is 1.04. The molecule has 1 aromatic carbocycles. The number of piperidine rings is 1. The van der Waals surface area contributed by atoms with E-state index in [0.717, 1.165) is 60.7 Å². The Hall–Kier alpha value is -2.38. The van der Waals surface area contributed by atoms with Crippen LogP contribution in [0.3, 0.4) is 0 Å². The molecule has 1 saturated heterocycles. The number of benzene rings is 1. The zero-order valence-corrected chi connectivity index (χ0v) is 15.7. The summed E-state index contributed by atoms with van der Waals surface area (Å²) in [6.45, 7) is 4.90. The van der Waals surface area contributed by atoms with Gasteiger partial charge in [0.1, 0.15) is 24.3 Å². The number of hydrogen-bond acceptors (Lipinski definition) is 5. The highest BCUT2D eigenvalue weighted by Crippen LogP contribution is 2.26. The topological polar surface area (TPSA) is 90.1 Å². The van der Waals surface area contributed by atoms with Gasteiger partial charge in [-0.1, -0.05) is 13.0 Å². The number of aliphatic hydroxyl groups excluding tert-OH is 1. The molecule has 0 aliphatic carbocycles. The van der Waals surface area contributed by atoms with Crippen molar-refractivity contribution in [1.29, 1.82) is 0 Å². The average Bonchev–Trinajstić information content (AvgIpc) is 3.36. The molecule has 0 amide bonds. The molecule has 144 valence electrons. The van der Waals surface area contributed by atoms with Gasteiger partial charge in [-0.25, -0.2) is 4.98 Å². The van der Waals surface area contributed by atoms with Crippen molar-refractivity contribution >= 4 is 10.9 Å². The summed E-state index contributed by atoms with van der Waals surface area (Å²) in [6, 6.07) is 7.91. The molecule has 0 saturated carbocycles. The van der Waals surface area contributed by atoms with Crippen LogP contribution in [0.25, 0.3) is 10.9 Å². The third-order valence-electron chi connectivity index (χ3n) is 5.29. The third kappa shape index (κ3) is 4.14. The van der Waals surface area contributed by atoms with Crippen molar-refractivity contribution in [3.63, 3.8) is 0 Å². The van der Waals surface area contributed by atoms with Crippen LogP contribution in [-0.2, 0) is 6.42 Å². The summed E-state index contributed by atoms with van der Waals surface area (Å²) >= 11 is 0. The Bertz CT molecular complexity index is 866. The van der Waals surface area contributed by atoms with E-state index in [4.69, 9.17) is 4.74 Å². The van der Waals surface area contributed by atoms with E-state index in [9.17, 15) is 5.11 Å². The summed E-state index contributed by atoms with van der Waals surface area (Å²) in [6.07, 6.45) is 4.32. The maximum absolute atomic E-state index is 10.4. The Morgan fingerprint density at radius 2 is 2.15 bits per heavy atom. The van der Waals surface area contributed by atoms with Crippen LogP contribution < -0.4 is 4.74 Å². The molecule has 1 fully saturated rings. The summed E-state index contributed by atoms with van der Waals surface area (Å²) in [5, 5.41) is 18.8. The number of aromatic nitrogens is 4. The number of likely N-dealkylation sites (tertiary alicyclic amines) is 1. The lowest BCUT2D eigenvalue weighted by atomic mass is 9.96. The van der Waals surface area contributed by atoms with E-state index in [0.29, 0.717) is 19.1 Å². The van der Waals surface area contributed by atoms with Gasteiger partial charge in [-0.2, -0.15) is 5.10 Å². The van der Waals surface area contributed by atoms with Crippen LogP contribution in [0, 0.1) is 0 Å². The van der Waals surface area contributed by atoms with Crippen LogP contribution >= 0.6 is 0 Å². The maximum Gasteiger partial charge on any atom is 0.153 e. The lowest BCUT2D eigenvalue weighted by Gasteiger charge is -2.32. The van der Waals surface area contributed by atoms with Gasteiger partial charge >= 0.3 is 0 Å². The van der Waals surface area contributed by atoms with Gasteiger partial charge in [0.2, 0.25) is 0 Å². The molecule has 7 nitrogen and oxygen atoms in total. The predicted molar refractivity (Wildman–Crippen MR) is 104 cm³/mol. The van der Waals surface area contributed by atoms with Gasteiger partial charge in [-0.3, -0.25) is 5.10 Å². The van der Waals surface area contributed by atoms with Gasteiger partial charge in [0, 0.05) is 36.0 Å². The number of aryl methyl sites for hydroxylation is 1. The molecule has 7 heteroatoms. The molecule has 3 heterocycles. The minimum absolute atomic E-state index is 0.297. The molecule has 3 aromatic rings. The lowest BCUT2D eigenvalue weighted by Crippen LogP contribution is -2.40. The molecule has 1 unspecified atom stereocenters. The van der Waals surface area contributed by atoms with Crippen molar-refractivity contribution in [3.8, 4) is 5.75 Å². The smallest absolute Gasteiger partial charge is 0.153 e. The Balaban J connectivity index is 1.24. The Morgan fingerprint density at radius 3 is 2.93 bits per heavy atom. The van der Waals surface area contributed by atoms with Gasteiger partial charge in [0.25, 0.3) is 0 Å². The van der Waals surface area contributed by atoms with Gasteiger partial charge in [0.05, 0.1) is 0 Å². The van der Waals surface area contributed by atoms with Crippen LogP contribution in [0.5, 0.6) is 5.75 Å². The van der Waals surface area contributed by atoms with Crippen LogP contribution in [0.1, 0.15) is 37.3 Å². The highest BCUT2D eigenvalue weighted by atomic mass is 16.5. The first kappa shape index (κ1) is 18.0. The fourth-order valence-corrected chi connectivity index (χ4v) is 3.74. The fraction of sp³-hybridized carbons (Fsp3) is 0.500. The second-order valence-corrected chi connectivity index (χ2v) is 7.23. The van der Waals surface area contributed by atoms with Crippen molar-refractivity contribution in [3.05, 3.63) is 42.1 Å². The molecule has 2 aromatic heterocycles. The first-order chi connectivity index (χ1) is 13.2. The monoisotopic (exact) mass is 369 g/mol. The maximum atomic E-state index is 10.4. The van der Waals surface area contributed by atoms with Gasteiger partial charge in [-0.05, 0) is 44.1 Å². The molecular formula is C20H27N5O2. The quantitative estimate of drug-likeness (QED) is 0.595. The number of aliphatic hydroxyl groups is 1. The standard InChI is InChI=1S/C20H27N5O2/c1-2-19-22-20(24-23-19)14-7-10-25(11-8-14)12-15(26)13-27-18-5-3-4-17-16(18)6-9-21-17/h3-6,9,14-15,21,26H,2,7-8,10-13H2,1H3,(H,22,23,24). The van der Waals surface area contributed by atoms with Crippen molar-refractivity contribution in [2.45, 2.75) is 38.2 Å². The number of nitrogens with zero attached hydrogens (tertiary/aromatic N) is 3. The number of nitrogens with one attached hydrogen (secondary N) is 2. The zero-order valence-electron chi connectivity index (χ0n) is 15.7.